The molecule has 1 unspecified atom stereocenters. The fourth-order valence-corrected chi connectivity index (χ4v) is 3.40. The third kappa shape index (κ3) is 7.30. The van der Waals surface area contributed by atoms with Crippen LogP contribution in [0.4, 0.5) is 19.0 Å². The van der Waals surface area contributed by atoms with Crippen molar-refractivity contribution < 1.29 is 18.0 Å². The number of pyridine rings is 1. The molecule has 0 aliphatic carbocycles. The van der Waals surface area contributed by atoms with Gasteiger partial charge < -0.3 is 10.2 Å². The fourth-order valence-electron chi connectivity index (χ4n) is 3.40. The maximum Gasteiger partial charge on any atom is 0.417 e. The maximum absolute atomic E-state index is 12.7. The first kappa shape index (κ1) is 22.5. The van der Waals surface area contributed by atoms with Gasteiger partial charge in [0.05, 0.1) is 12.1 Å². The molecule has 1 aromatic heterocycles. The van der Waals surface area contributed by atoms with Crippen molar-refractivity contribution >= 4 is 11.7 Å². The highest BCUT2D eigenvalue weighted by Crippen LogP contribution is 2.29. The van der Waals surface area contributed by atoms with Crippen LogP contribution in [0, 0.1) is 0 Å². The van der Waals surface area contributed by atoms with Gasteiger partial charge in [-0.3, -0.25) is 9.69 Å². The van der Waals surface area contributed by atoms with Gasteiger partial charge in [-0.1, -0.05) is 26.2 Å². The molecule has 0 radical (unpaired) electrons. The zero-order valence-electron chi connectivity index (χ0n) is 16.8. The van der Waals surface area contributed by atoms with Crippen LogP contribution in [0.25, 0.3) is 0 Å². The van der Waals surface area contributed by atoms with Crippen LogP contribution in [0.1, 0.15) is 51.5 Å². The van der Waals surface area contributed by atoms with Crippen molar-refractivity contribution in [2.45, 2.75) is 58.2 Å². The molecule has 1 aromatic rings. The average molecular weight is 400 g/mol. The molecule has 2 heterocycles. The van der Waals surface area contributed by atoms with Crippen LogP contribution >= 0.6 is 0 Å². The van der Waals surface area contributed by atoms with Gasteiger partial charge in [0, 0.05) is 38.4 Å². The van der Waals surface area contributed by atoms with E-state index >= 15 is 0 Å². The Labute approximate surface area is 165 Å². The summed E-state index contributed by atoms with van der Waals surface area (Å²) in [5, 5.41) is 3.06. The summed E-state index contributed by atoms with van der Waals surface area (Å²) in [6.07, 6.45) is 1.80. The summed E-state index contributed by atoms with van der Waals surface area (Å²) >= 11 is 0. The van der Waals surface area contributed by atoms with Crippen molar-refractivity contribution in [1.82, 2.24) is 15.2 Å². The summed E-state index contributed by atoms with van der Waals surface area (Å²) in [4.78, 5) is 20.3. The summed E-state index contributed by atoms with van der Waals surface area (Å²) in [5.41, 5.74) is -0.738. The summed E-state index contributed by atoms with van der Waals surface area (Å²) in [7, 11) is 0. The van der Waals surface area contributed by atoms with Crippen LogP contribution < -0.4 is 10.2 Å². The van der Waals surface area contributed by atoms with E-state index in [2.05, 4.69) is 22.1 Å². The fraction of sp³-hybridized carbons (Fsp3) is 0.700. The van der Waals surface area contributed by atoms with Crippen LogP contribution in [-0.2, 0) is 11.0 Å². The topological polar surface area (TPSA) is 48.5 Å². The number of nitrogens with zero attached hydrogens (tertiary/aromatic N) is 3. The van der Waals surface area contributed by atoms with Gasteiger partial charge in [-0.25, -0.2) is 4.98 Å². The summed E-state index contributed by atoms with van der Waals surface area (Å²) in [5.74, 6) is 0.578. The lowest BCUT2D eigenvalue weighted by Gasteiger charge is -2.23. The van der Waals surface area contributed by atoms with Gasteiger partial charge in [-0.05, 0) is 31.9 Å². The molecule has 1 atom stereocenters. The van der Waals surface area contributed by atoms with E-state index < -0.39 is 11.7 Å². The zero-order chi connectivity index (χ0) is 20.6. The minimum atomic E-state index is -4.37. The van der Waals surface area contributed by atoms with E-state index in [1.165, 1.54) is 18.9 Å². The number of amides is 1. The van der Waals surface area contributed by atoms with Crippen LogP contribution in [0.2, 0.25) is 0 Å². The highest BCUT2D eigenvalue weighted by molar-refractivity contribution is 5.78. The molecular weight excluding hydrogens is 369 g/mol. The molecule has 1 amide bonds. The molecule has 1 aliphatic rings. The number of hydrogen-bond acceptors (Lipinski definition) is 4. The monoisotopic (exact) mass is 400 g/mol. The molecule has 1 saturated heterocycles. The van der Waals surface area contributed by atoms with E-state index in [0.29, 0.717) is 32.0 Å². The quantitative estimate of drug-likeness (QED) is 0.676. The van der Waals surface area contributed by atoms with Gasteiger partial charge in [-0.15, -0.1) is 0 Å². The van der Waals surface area contributed by atoms with Crippen LogP contribution in [0.5, 0.6) is 0 Å². The first-order valence-electron chi connectivity index (χ1n) is 10.1. The molecule has 1 fully saturated rings. The summed E-state index contributed by atoms with van der Waals surface area (Å²) < 4.78 is 38.0. The van der Waals surface area contributed by atoms with Gasteiger partial charge in [0.1, 0.15) is 5.82 Å². The maximum atomic E-state index is 12.7. The standard InChI is InChI=1S/C20H31F3N4O/c1-3-4-5-7-16(2)25-19(28)15-26-10-6-11-27(13-12-26)18-9-8-17(14-24-18)20(21,22)23/h8-9,14,16H,3-7,10-13,15H2,1-2H3,(H,25,28). The Hall–Kier alpha value is -1.83. The normalized spacial score (nSPS) is 17.2. The lowest BCUT2D eigenvalue weighted by Crippen LogP contribution is -2.42. The Morgan fingerprint density at radius 2 is 2.00 bits per heavy atom. The van der Waals surface area contributed by atoms with Crippen molar-refractivity contribution in [1.29, 1.82) is 0 Å². The molecular formula is C20H31F3N4O. The molecule has 5 nitrogen and oxygen atoms in total. The van der Waals surface area contributed by atoms with Crippen molar-refractivity contribution in [3.63, 3.8) is 0 Å². The minimum Gasteiger partial charge on any atom is -0.355 e. The second-order valence-corrected chi connectivity index (χ2v) is 7.48. The number of rotatable bonds is 8. The second-order valence-electron chi connectivity index (χ2n) is 7.48. The Balaban J connectivity index is 1.80. The highest BCUT2D eigenvalue weighted by atomic mass is 19.4. The molecule has 0 saturated carbocycles. The Morgan fingerprint density at radius 3 is 2.64 bits per heavy atom. The molecule has 8 heteroatoms. The number of anilines is 1. The number of aromatic nitrogens is 1. The number of nitrogens with one attached hydrogen (secondary N) is 1. The molecule has 1 aliphatic heterocycles. The highest BCUT2D eigenvalue weighted by Gasteiger charge is 2.31. The molecule has 2 rings (SSSR count). The van der Waals surface area contributed by atoms with Crippen LogP contribution in [-0.4, -0.2) is 54.6 Å². The van der Waals surface area contributed by atoms with Crippen molar-refractivity contribution in [2.75, 3.05) is 37.6 Å². The third-order valence-corrected chi connectivity index (χ3v) is 5.00. The van der Waals surface area contributed by atoms with Crippen molar-refractivity contribution in [3.8, 4) is 0 Å². The van der Waals surface area contributed by atoms with Gasteiger partial charge in [-0.2, -0.15) is 13.2 Å². The molecule has 0 bridgehead atoms. The van der Waals surface area contributed by atoms with Gasteiger partial charge >= 0.3 is 6.18 Å². The number of unbranched alkanes of at least 4 members (excludes halogenated alkanes) is 2. The molecule has 158 valence electrons. The van der Waals surface area contributed by atoms with E-state index in [4.69, 9.17) is 0 Å². The lowest BCUT2D eigenvalue weighted by molar-refractivity contribution is -0.137. The third-order valence-electron chi connectivity index (χ3n) is 5.00. The van der Waals surface area contributed by atoms with E-state index in [0.717, 1.165) is 38.1 Å². The average Bonchev–Trinajstić information content (AvgIpc) is 2.87. The predicted octanol–water partition coefficient (Wildman–Crippen LogP) is 3.70. The number of hydrogen-bond donors (Lipinski definition) is 1. The molecule has 0 aromatic carbocycles. The molecule has 0 spiro atoms. The van der Waals surface area contributed by atoms with Crippen molar-refractivity contribution in [3.05, 3.63) is 23.9 Å². The lowest BCUT2D eigenvalue weighted by atomic mass is 10.1. The van der Waals surface area contributed by atoms with E-state index in [1.807, 2.05) is 11.8 Å². The predicted molar refractivity (Wildman–Crippen MR) is 104 cm³/mol. The van der Waals surface area contributed by atoms with Gasteiger partial charge in [0.25, 0.3) is 0 Å². The Bertz CT molecular complexity index is 606. The largest absolute Gasteiger partial charge is 0.417 e. The smallest absolute Gasteiger partial charge is 0.355 e. The zero-order valence-corrected chi connectivity index (χ0v) is 16.8. The number of alkyl halides is 3. The number of carbonyl (C=O) groups excluding carboxylic acids is 1. The van der Waals surface area contributed by atoms with Gasteiger partial charge in [0.15, 0.2) is 0 Å². The van der Waals surface area contributed by atoms with E-state index in [1.54, 1.807) is 0 Å². The first-order chi connectivity index (χ1) is 13.3. The molecule has 1 N–H and O–H groups in total. The Morgan fingerprint density at radius 1 is 1.21 bits per heavy atom. The number of halogens is 3. The second kappa shape index (κ2) is 10.6. The summed E-state index contributed by atoms with van der Waals surface area (Å²) in [6, 6.07) is 2.67. The molecule has 28 heavy (non-hydrogen) atoms. The number of carbonyl (C=O) groups is 1. The van der Waals surface area contributed by atoms with E-state index in [9.17, 15) is 18.0 Å². The first-order valence-corrected chi connectivity index (χ1v) is 10.1. The minimum absolute atomic E-state index is 0.0325. The van der Waals surface area contributed by atoms with Gasteiger partial charge in [0.2, 0.25) is 5.91 Å². The van der Waals surface area contributed by atoms with Crippen LogP contribution in [0.3, 0.4) is 0 Å². The summed E-state index contributed by atoms with van der Waals surface area (Å²) in [6.45, 7) is 7.36. The Kier molecular flexibility index (Phi) is 8.54. The van der Waals surface area contributed by atoms with Crippen molar-refractivity contribution in [2.24, 2.45) is 0 Å². The van der Waals surface area contributed by atoms with Crippen LogP contribution in [0.15, 0.2) is 18.3 Å². The van der Waals surface area contributed by atoms with E-state index in [-0.39, 0.29) is 11.9 Å². The SMILES string of the molecule is CCCCCC(C)NC(=O)CN1CCCN(c2ccc(C(F)(F)F)cn2)CC1.